The highest BCUT2D eigenvalue weighted by Crippen LogP contribution is 2.30. The number of nitrogens with two attached hydrogens (primary N) is 1. The smallest absolute Gasteiger partial charge is 0.0789 e. The van der Waals surface area contributed by atoms with Crippen LogP contribution < -0.4 is 10.8 Å². The van der Waals surface area contributed by atoms with Crippen molar-refractivity contribution < 1.29 is 4.84 Å². The fraction of sp³-hybridized carbons (Fsp3) is 0.571. The molecule has 0 amide bonds. The zero-order valence-corrected chi connectivity index (χ0v) is 11.8. The summed E-state index contributed by atoms with van der Waals surface area (Å²) in [5, 5.41) is 0.796. The van der Waals surface area contributed by atoms with E-state index in [4.69, 9.17) is 22.3 Å². The number of benzene rings is 1. The highest BCUT2D eigenvalue weighted by Gasteiger charge is 2.24. The second kappa shape index (κ2) is 5.91. The van der Waals surface area contributed by atoms with Crippen molar-refractivity contribution in [2.24, 2.45) is 5.90 Å². The molecule has 1 aliphatic carbocycles. The Kier molecular flexibility index (Phi) is 4.49. The molecule has 0 heterocycles. The molecule has 0 aliphatic heterocycles. The summed E-state index contributed by atoms with van der Waals surface area (Å²) in [6.45, 7) is 2.10. The maximum Gasteiger partial charge on any atom is 0.0789 e. The zero-order chi connectivity index (χ0) is 13.1. The Bertz CT molecular complexity index is 403. The molecule has 2 rings (SSSR count). The number of anilines is 1. The maximum absolute atomic E-state index is 6.00. The van der Waals surface area contributed by atoms with Gasteiger partial charge in [0.1, 0.15) is 0 Å². The van der Waals surface area contributed by atoms with E-state index < -0.39 is 0 Å². The van der Waals surface area contributed by atoms with Gasteiger partial charge in [-0.1, -0.05) is 11.6 Å². The first-order valence-electron chi connectivity index (χ1n) is 6.46. The van der Waals surface area contributed by atoms with E-state index >= 15 is 0 Å². The van der Waals surface area contributed by atoms with Crippen LogP contribution >= 0.6 is 11.6 Å². The van der Waals surface area contributed by atoms with Crippen LogP contribution in [0.5, 0.6) is 0 Å². The number of nitrogens with zero attached hydrogens (tertiary/aromatic N) is 1. The molecular weight excluding hydrogens is 248 g/mol. The van der Waals surface area contributed by atoms with Gasteiger partial charge in [0.15, 0.2) is 0 Å². The molecule has 1 saturated carbocycles. The van der Waals surface area contributed by atoms with Crippen LogP contribution in [0.1, 0.15) is 31.2 Å². The van der Waals surface area contributed by atoms with Gasteiger partial charge in [-0.2, -0.15) is 0 Å². The first-order valence-corrected chi connectivity index (χ1v) is 6.84. The van der Waals surface area contributed by atoms with E-state index in [1.807, 2.05) is 12.1 Å². The van der Waals surface area contributed by atoms with Gasteiger partial charge >= 0.3 is 0 Å². The number of hydrogen-bond acceptors (Lipinski definition) is 3. The molecule has 18 heavy (non-hydrogen) atoms. The van der Waals surface area contributed by atoms with Crippen LogP contribution in [0.4, 0.5) is 5.69 Å². The first kappa shape index (κ1) is 13.7. The SMILES string of the molecule is Cc1cc(Cl)ccc1N(C)C1CCC(ON)CC1. The Morgan fingerprint density at radius 3 is 2.50 bits per heavy atom. The predicted octanol–water partition coefficient (Wildman–Crippen LogP) is 3.29. The minimum Gasteiger partial charge on any atom is -0.371 e. The normalized spacial score (nSPS) is 24.0. The fourth-order valence-electron chi connectivity index (χ4n) is 2.78. The Morgan fingerprint density at radius 2 is 1.94 bits per heavy atom. The van der Waals surface area contributed by atoms with Gasteiger partial charge in [-0.25, -0.2) is 5.90 Å². The van der Waals surface area contributed by atoms with E-state index in [2.05, 4.69) is 24.9 Å². The quantitative estimate of drug-likeness (QED) is 0.855. The van der Waals surface area contributed by atoms with Crippen molar-refractivity contribution >= 4 is 17.3 Å². The summed E-state index contributed by atoms with van der Waals surface area (Å²) in [6, 6.07) is 6.64. The maximum atomic E-state index is 6.00. The lowest BCUT2D eigenvalue weighted by molar-refractivity contribution is 0.0242. The summed E-state index contributed by atoms with van der Waals surface area (Å²) >= 11 is 6.00. The molecule has 100 valence electrons. The van der Waals surface area contributed by atoms with Gasteiger partial charge < -0.3 is 9.74 Å². The lowest BCUT2D eigenvalue weighted by Crippen LogP contribution is -2.37. The van der Waals surface area contributed by atoms with Crippen molar-refractivity contribution in [1.29, 1.82) is 0 Å². The topological polar surface area (TPSA) is 38.5 Å². The van der Waals surface area contributed by atoms with Gasteiger partial charge in [-0.3, -0.25) is 0 Å². The minimum absolute atomic E-state index is 0.237. The molecule has 0 spiro atoms. The van der Waals surface area contributed by atoms with Gasteiger partial charge in [0.25, 0.3) is 0 Å². The van der Waals surface area contributed by atoms with Gasteiger partial charge in [-0.05, 0) is 56.4 Å². The third kappa shape index (κ3) is 2.97. The van der Waals surface area contributed by atoms with Crippen LogP contribution in [0.3, 0.4) is 0 Å². The van der Waals surface area contributed by atoms with Crippen molar-refractivity contribution in [3.8, 4) is 0 Å². The molecular formula is C14H21ClN2O. The van der Waals surface area contributed by atoms with E-state index in [1.54, 1.807) is 0 Å². The average molecular weight is 269 g/mol. The lowest BCUT2D eigenvalue weighted by Gasteiger charge is -2.36. The molecule has 1 aliphatic rings. The molecule has 0 atom stereocenters. The van der Waals surface area contributed by atoms with Crippen LogP contribution in [-0.4, -0.2) is 19.2 Å². The molecule has 3 nitrogen and oxygen atoms in total. The van der Waals surface area contributed by atoms with Crippen molar-refractivity contribution in [3.63, 3.8) is 0 Å². The largest absolute Gasteiger partial charge is 0.371 e. The molecule has 1 aromatic rings. The van der Waals surface area contributed by atoms with E-state index in [-0.39, 0.29) is 6.10 Å². The fourth-order valence-corrected chi connectivity index (χ4v) is 3.01. The molecule has 0 saturated heterocycles. The molecule has 2 N–H and O–H groups in total. The summed E-state index contributed by atoms with van der Waals surface area (Å²) in [4.78, 5) is 7.29. The Balaban J connectivity index is 2.05. The molecule has 4 heteroatoms. The van der Waals surface area contributed by atoms with Gasteiger partial charge in [0, 0.05) is 23.8 Å². The van der Waals surface area contributed by atoms with Crippen LogP contribution in [0.25, 0.3) is 0 Å². The van der Waals surface area contributed by atoms with Gasteiger partial charge in [0.05, 0.1) is 6.10 Å². The standard InChI is InChI=1S/C14H21ClN2O/c1-10-9-11(15)3-8-14(10)17(2)12-4-6-13(18-16)7-5-12/h3,8-9,12-13H,4-7,16H2,1-2H3. The minimum atomic E-state index is 0.237. The van der Waals surface area contributed by atoms with Crippen molar-refractivity contribution in [2.45, 2.75) is 44.8 Å². The Hall–Kier alpha value is -0.770. The van der Waals surface area contributed by atoms with Crippen LogP contribution in [0, 0.1) is 6.92 Å². The number of rotatable bonds is 3. The second-order valence-corrected chi connectivity index (χ2v) is 5.54. The third-order valence-corrected chi connectivity index (χ3v) is 4.16. The first-order chi connectivity index (χ1) is 8.61. The predicted molar refractivity (Wildman–Crippen MR) is 75.9 cm³/mol. The van der Waals surface area contributed by atoms with Crippen LogP contribution in [0.15, 0.2) is 18.2 Å². The molecule has 0 unspecified atom stereocenters. The molecule has 0 aromatic heterocycles. The Labute approximate surface area is 114 Å². The van der Waals surface area contributed by atoms with Crippen molar-refractivity contribution in [2.75, 3.05) is 11.9 Å². The van der Waals surface area contributed by atoms with Gasteiger partial charge in [0.2, 0.25) is 0 Å². The third-order valence-electron chi connectivity index (χ3n) is 3.92. The number of hydrogen-bond donors (Lipinski definition) is 1. The van der Waals surface area contributed by atoms with E-state index in [1.165, 1.54) is 11.3 Å². The highest BCUT2D eigenvalue weighted by molar-refractivity contribution is 6.30. The summed E-state index contributed by atoms with van der Waals surface area (Å²) in [5.74, 6) is 5.25. The lowest BCUT2D eigenvalue weighted by atomic mass is 9.91. The molecule has 0 bridgehead atoms. The molecule has 0 radical (unpaired) electrons. The summed E-state index contributed by atoms with van der Waals surface area (Å²) < 4.78 is 0. The van der Waals surface area contributed by atoms with E-state index in [0.29, 0.717) is 6.04 Å². The van der Waals surface area contributed by atoms with Crippen molar-refractivity contribution in [3.05, 3.63) is 28.8 Å². The van der Waals surface area contributed by atoms with Gasteiger partial charge in [-0.15, -0.1) is 0 Å². The second-order valence-electron chi connectivity index (χ2n) is 5.11. The average Bonchev–Trinajstić information content (AvgIpc) is 2.38. The monoisotopic (exact) mass is 268 g/mol. The summed E-state index contributed by atoms with van der Waals surface area (Å²) in [7, 11) is 2.16. The summed E-state index contributed by atoms with van der Waals surface area (Å²) in [6.07, 6.45) is 4.57. The number of halogens is 1. The van der Waals surface area contributed by atoms with Crippen molar-refractivity contribution in [1.82, 2.24) is 0 Å². The Morgan fingerprint density at radius 1 is 1.28 bits per heavy atom. The molecule has 1 aromatic carbocycles. The van der Waals surface area contributed by atoms with E-state index in [9.17, 15) is 0 Å². The van der Waals surface area contributed by atoms with Crippen LogP contribution in [-0.2, 0) is 4.84 Å². The van der Waals surface area contributed by atoms with E-state index in [0.717, 1.165) is 30.7 Å². The molecule has 1 fully saturated rings. The summed E-state index contributed by atoms with van der Waals surface area (Å²) in [5.41, 5.74) is 2.48. The number of aryl methyl sites for hydroxylation is 1. The zero-order valence-electron chi connectivity index (χ0n) is 11.0. The van der Waals surface area contributed by atoms with Crippen LogP contribution in [0.2, 0.25) is 5.02 Å². The highest BCUT2D eigenvalue weighted by atomic mass is 35.5.